The molecule has 0 spiro atoms. The fourth-order valence-corrected chi connectivity index (χ4v) is 6.98. The van der Waals surface area contributed by atoms with Crippen molar-refractivity contribution in [2.45, 2.75) is 13.8 Å². The Morgan fingerprint density at radius 1 is 0.385 bits per heavy atom. The van der Waals surface area contributed by atoms with E-state index >= 15 is 0 Å². The number of hydrogen-bond acceptors (Lipinski definition) is 8. The van der Waals surface area contributed by atoms with Crippen LogP contribution in [-0.4, -0.2) is 30.6 Å². The number of aryl methyl sites for hydroxylation is 2. The van der Waals surface area contributed by atoms with E-state index in [4.69, 9.17) is 0 Å². The summed E-state index contributed by atoms with van der Waals surface area (Å²) in [6.07, 6.45) is 0. The van der Waals surface area contributed by atoms with Gasteiger partial charge in [0.15, 0.2) is 10.9 Å². The van der Waals surface area contributed by atoms with E-state index in [0.717, 1.165) is 12.1 Å². The predicted molar refractivity (Wildman–Crippen MR) is 146 cm³/mol. The second kappa shape index (κ2) is 6.86. The van der Waals surface area contributed by atoms with Crippen LogP contribution in [-0.2, 0) is 0 Å². The normalized spacial score (nSPS) is 12.5. The Balaban J connectivity index is 0.00000253. The monoisotopic (exact) mass is 511 g/mol. The maximum Gasteiger partial charge on any atom is 1.00 e. The average Bonchev–Trinajstić information content (AvgIpc) is 2.82. The fourth-order valence-electron chi connectivity index (χ4n) is 6.98. The molecule has 0 fully saturated rings. The number of fused-ring (bicyclic) bond motifs is 2. The Morgan fingerprint density at radius 2 is 0.667 bits per heavy atom. The molecule has 0 heterocycles. The molecule has 9 heteroatoms. The Labute approximate surface area is 228 Å². The van der Waals surface area contributed by atoms with Crippen LogP contribution >= 0.6 is 0 Å². The van der Waals surface area contributed by atoms with Crippen LogP contribution in [0.5, 0.6) is 34.5 Å². The Kier molecular flexibility index (Phi) is 4.13. The van der Waals surface area contributed by atoms with Gasteiger partial charge in [-0.15, -0.1) is 0 Å². The summed E-state index contributed by atoms with van der Waals surface area (Å²) in [5.74, 6) is -2.75. The summed E-state index contributed by atoms with van der Waals surface area (Å²) >= 11 is 0. The molecule has 39 heavy (non-hydrogen) atoms. The Hall–Kier alpha value is -4.64. The van der Waals surface area contributed by atoms with Gasteiger partial charge in [-0.2, -0.15) is 0 Å². The first-order chi connectivity index (χ1) is 18.0. The standard InChI is InChI=1S/C30H16O8.Li/c1-7-3-9(31)19-23-15(7)16-8(2)4-10(32)20-24(16)28-26-18(12(34)6-14(36)22(26)30(20)38)17-11(33)5-13(35)21(29(19)37)25(17)27(23)28;/h3-6,33-38H,1-2H3;/q;+1. The molecule has 8 nitrogen and oxygen atoms in total. The Morgan fingerprint density at radius 3 is 1.03 bits per heavy atom. The van der Waals surface area contributed by atoms with Gasteiger partial charge in [0.05, 0.1) is 21.5 Å². The fraction of sp³-hybridized carbons (Fsp3) is 0.0667. The molecule has 0 saturated heterocycles. The van der Waals surface area contributed by atoms with E-state index < -0.39 is 45.4 Å². The zero-order chi connectivity index (χ0) is 26.7. The van der Waals surface area contributed by atoms with E-state index in [0.29, 0.717) is 43.4 Å². The molecule has 8 rings (SSSR count). The number of hydrogen-bond donors (Lipinski definition) is 6. The van der Waals surface area contributed by atoms with E-state index in [1.807, 2.05) is 0 Å². The topological polar surface area (TPSA) is 156 Å². The van der Waals surface area contributed by atoms with Crippen LogP contribution in [0.15, 0.2) is 33.9 Å². The van der Waals surface area contributed by atoms with Crippen LogP contribution in [0, 0.1) is 13.8 Å². The van der Waals surface area contributed by atoms with Crippen LogP contribution in [0.1, 0.15) is 11.1 Å². The van der Waals surface area contributed by atoms with Crippen molar-refractivity contribution in [2.75, 3.05) is 0 Å². The molecule has 0 unspecified atom stereocenters. The second-order valence-corrected chi connectivity index (χ2v) is 10.2. The van der Waals surface area contributed by atoms with Crippen molar-refractivity contribution in [3.8, 4) is 34.5 Å². The van der Waals surface area contributed by atoms with Crippen LogP contribution in [0.2, 0.25) is 0 Å². The van der Waals surface area contributed by atoms with Crippen molar-refractivity contribution in [3.05, 3.63) is 55.8 Å². The maximum atomic E-state index is 13.4. The molecule has 0 aliphatic rings. The number of phenolic OH excluding ortho intramolecular Hbond substituents is 6. The largest absolute Gasteiger partial charge is 1.00 e. The number of phenols is 6. The molecule has 8 aromatic carbocycles. The van der Waals surface area contributed by atoms with Gasteiger partial charge in [-0.25, -0.2) is 0 Å². The molecule has 0 aliphatic carbocycles. The molecule has 0 bridgehead atoms. The van der Waals surface area contributed by atoms with Crippen LogP contribution in [0.4, 0.5) is 0 Å². The summed E-state index contributed by atoms with van der Waals surface area (Å²) in [4.78, 5) is 26.7. The molecule has 0 amide bonds. The molecule has 0 radical (unpaired) electrons. The van der Waals surface area contributed by atoms with Crippen LogP contribution in [0.3, 0.4) is 0 Å². The van der Waals surface area contributed by atoms with Gasteiger partial charge in [0.1, 0.15) is 34.5 Å². The molecule has 0 aliphatic heterocycles. The third kappa shape index (κ3) is 2.30. The summed E-state index contributed by atoms with van der Waals surface area (Å²) in [6, 6.07) is 4.77. The van der Waals surface area contributed by atoms with Gasteiger partial charge < -0.3 is 30.6 Å². The molecule has 184 valence electrons. The smallest absolute Gasteiger partial charge is 0.507 e. The predicted octanol–water partition coefficient (Wildman–Crippen LogP) is 2.09. The SMILES string of the molecule is Cc1cc(=O)c2c(O)c3c(O)cc(O)c4c5c(O)cc(O)c6c(O)c7c(=O)cc(C)c8c1c2c(c34)c(c65)c78.[Li+]. The third-order valence-corrected chi connectivity index (χ3v) is 8.25. The van der Waals surface area contributed by atoms with Gasteiger partial charge >= 0.3 is 18.9 Å². The van der Waals surface area contributed by atoms with E-state index in [1.165, 1.54) is 12.1 Å². The van der Waals surface area contributed by atoms with Gasteiger partial charge in [-0.1, -0.05) is 0 Å². The summed E-state index contributed by atoms with van der Waals surface area (Å²) in [5.41, 5.74) is 0.175. The van der Waals surface area contributed by atoms with E-state index in [-0.39, 0.29) is 62.0 Å². The first-order valence-electron chi connectivity index (χ1n) is 11.8. The summed E-state index contributed by atoms with van der Waals surface area (Å²) in [7, 11) is 0. The van der Waals surface area contributed by atoms with Gasteiger partial charge in [-0.3, -0.25) is 9.59 Å². The van der Waals surface area contributed by atoms with Gasteiger partial charge in [-0.05, 0) is 47.9 Å². The van der Waals surface area contributed by atoms with Gasteiger partial charge in [0.2, 0.25) is 0 Å². The number of aromatic hydroxyl groups is 6. The van der Waals surface area contributed by atoms with E-state index in [1.54, 1.807) is 13.8 Å². The quantitative estimate of drug-likeness (QED) is 0.103. The average molecular weight is 511 g/mol. The zero-order valence-electron chi connectivity index (χ0n) is 20.8. The van der Waals surface area contributed by atoms with Gasteiger partial charge in [0, 0.05) is 55.2 Å². The molecule has 6 N–H and O–H groups in total. The minimum absolute atomic E-state index is 0. The summed E-state index contributed by atoms with van der Waals surface area (Å²) < 4.78 is 0. The Bertz CT molecular complexity index is 2340. The van der Waals surface area contributed by atoms with Crippen molar-refractivity contribution in [3.63, 3.8) is 0 Å². The van der Waals surface area contributed by atoms with E-state index in [2.05, 4.69) is 0 Å². The minimum Gasteiger partial charge on any atom is -0.507 e. The molecule has 0 saturated carbocycles. The molecular weight excluding hydrogens is 495 g/mol. The summed E-state index contributed by atoms with van der Waals surface area (Å²) in [6.45, 7) is 3.47. The molecule has 0 atom stereocenters. The van der Waals surface area contributed by atoms with Crippen molar-refractivity contribution in [2.24, 2.45) is 0 Å². The van der Waals surface area contributed by atoms with Crippen molar-refractivity contribution in [1.82, 2.24) is 0 Å². The second-order valence-electron chi connectivity index (χ2n) is 10.2. The first-order valence-corrected chi connectivity index (χ1v) is 11.8. The van der Waals surface area contributed by atoms with Gasteiger partial charge in [0.25, 0.3) is 0 Å². The molecule has 0 aromatic heterocycles. The van der Waals surface area contributed by atoms with Crippen molar-refractivity contribution >= 4 is 75.4 Å². The number of benzene rings is 8. The summed E-state index contributed by atoms with van der Waals surface area (Å²) in [5, 5.41) is 69.6. The minimum atomic E-state index is -0.483. The zero-order valence-corrected chi connectivity index (χ0v) is 20.8. The van der Waals surface area contributed by atoms with E-state index in [9.17, 15) is 40.2 Å². The van der Waals surface area contributed by atoms with Crippen LogP contribution in [0.25, 0.3) is 75.4 Å². The molecular formula is C30H16LiO8+. The number of rotatable bonds is 0. The first kappa shape index (κ1) is 23.5. The van der Waals surface area contributed by atoms with Crippen LogP contribution < -0.4 is 29.7 Å². The maximum absolute atomic E-state index is 13.4. The van der Waals surface area contributed by atoms with Crippen molar-refractivity contribution in [1.29, 1.82) is 0 Å². The third-order valence-electron chi connectivity index (χ3n) is 8.25. The molecule has 8 aromatic rings. The van der Waals surface area contributed by atoms with Crippen molar-refractivity contribution < 1.29 is 49.5 Å².